The van der Waals surface area contributed by atoms with Crippen molar-refractivity contribution < 1.29 is 9.59 Å². The molecular formula is C23H39N3O2. The quantitative estimate of drug-likeness (QED) is 0.671. The SMILES string of the molecule is O=C(CC1CCCC1)N1CCCC(N(CCN2CCCC2)C(=O)C2CCC2)C1. The molecule has 0 aromatic heterocycles. The first kappa shape index (κ1) is 20.2. The third kappa shape index (κ3) is 4.90. The molecule has 4 rings (SSSR count). The first-order chi connectivity index (χ1) is 13.7. The highest BCUT2D eigenvalue weighted by molar-refractivity contribution is 5.80. The maximum atomic E-state index is 13.2. The summed E-state index contributed by atoms with van der Waals surface area (Å²) >= 11 is 0. The summed E-state index contributed by atoms with van der Waals surface area (Å²) in [6.07, 6.45) is 13.8. The van der Waals surface area contributed by atoms with Crippen LogP contribution in [0.3, 0.4) is 0 Å². The van der Waals surface area contributed by atoms with Crippen LogP contribution in [0, 0.1) is 11.8 Å². The molecule has 2 saturated heterocycles. The molecule has 5 nitrogen and oxygen atoms in total. The Labute approximate surface area is 170 Å². The molecule has 2 aliphatic heterocycles. The van der Waals surface area contributed by atoms with E-state index in [2.05, 4.69) is 14.7 Å². The van der Waals surface area contributed by atoms with Crippen LogP contribution in [-0.4, -0.2) is 71.8 Å². The molecule has 4 aliphatic rings. The van der Waals surface area contributed by atoms with Crippen molar-refractivity contribution in [3.63, 3.8) is 0 Å². The highest BCUT2D eigenvalue weighted by Gasteiger charge is 2.36. The van der Waals surface area contributed by atoms with Crippen LogP contribution < -0.4 is 0 Å². The second kappa shape index (κ2) is 9.60. The van der Waals surface area contributed by atoms with E-state index in [1.54, 1.807) is 0 Å². The van der Waals surface area contributed by atoms with Gasteiger partial charge in [0, 0.05) is 44.6 Å². The maximum Gasteiger partial charge on any atom is 0.226 e. The zero-order valence-corrected chi connectivity index (χ0v) is 17.6. The van der Waals surface area contributed by atoms with E-state index in [4.69, 9.17) is 0 Å². The van der Waals surface area contributed by atoms with Gasteiger partial charge in [0.1, 0.15) is 0 Å². The summed E-state index contributed by atoms with van der Waals surface area (Å²) in [5.41, 5.74) is 0. The lowest BCUT2D eigenvalue weighted by molar-refractivity contribution is -0.145. The Morgan fingerprint density at radius 3 is 2.25 bits per heavy atom. The maximum absolute atomic E-state index is 13.2. The van der Waals surface area contributed by atoms with Crippen molar-refractivity contribution in [1.29, 1.82) is 0 Å². The van der Waals surface area contributed by atoms with Crippen molar-refractivity contribution in [3.8, 4) is 0 Å². The van der Waals surface area contributed by atoms with Gasteiger partial charge in [0.25, 0.3) is 0 Å². The van der Waals surface area contributed by atoms with Crippen molar-refractivity contribution in [3.05, 3.63) is 0 Å². The van der Waals surface area contributed by atoms with Crippen molar-refractivity contribution in [2.75, 3.05) is 39.3 Å². The lowest BCUT2D eigenvalue weighted by Gasteiger charge is -2.42. The van der Waals surface area contributed by atoms with Crippen LogP contribution in [0.2, 0.25) is 0 Å². The fourth-order valence-electron chi connectivity index (χ4n) is 5.64. The van der Waals surface area contributed by atoms with Gasteiger partial charge in [-0.05, 0) is 70.4 Å². The first-order valence-electron chi connectivity index (χ1n) is 12.0. The first-order valence-corrected chi connectivity index (χ1v) is 12.0. The zero-order valence-electron chi connectivity index (χ0n) is 17.6. The number of nitrogens with zero attached hydrogens (tertiary/aromatic N) is 3. The summed E-state index contributed by atoms with van der Waals surface area (Å²) in [6.45, 7) is 5.88. The average Bonchev–Trinajstić information content (AvgIpc) is 3.35. The minimum atomic E-state index is 0.233. The van der Waals surface area contributed by atoms with Gasteiger partial charge in [0.2, 0.25) is 11.8 Å². The number of likely N-dealkylation sites (tertiary alicyclic amines) is 2. The summed E-state index contributed by atoms with van der Waals surface area (Å²) in [6, 6.07) is 0.233. The molecule has 28 heavy (non-hydrogen) atoms. The molecule has 2 aliphatic carbocycles. The van der Waals surface area contributed by atoms with Crippen LogP contribution in [0.25, 0.3) is 0 Å². The van der Waals surface area contributed by atoms with E-state index in [-0.39, 0.29) is 12.0 Å². The van der Waals surface area contributed by atoms with Gasteiger partial charge in [-0.3, -0.25) is 9.59 Å². The molecule has 0 aromatic carbocycles. The normalized spacial score (nSPS) is 27.1. The van der Waals surface area contributed by atoms with E-state index in [1.165, 1.54) is 58.0 Å². The van der Waals surface area contributed by atoms with Crippen molar-refractivity contribution in [1.82, 2.24) is 14.7 Å². The average molecular weight is 390 g/mol. The monoisotopic (exact) mass is 389 g/mol. The molecule has 2 saturated carbocycles. The number of hydrogen-bond acceptors (Lipinski definition) is 3. The lowest BCUT2D eigenvalue weighted by Crippen LogP contribution is -2.55. The molecule has 158 valence electrons. The Kier molecular flexibility index (Phi) is 6.92. The third-order valence-corrected chi connectivity index (χ3v) is 7.72. The van der Waals surface area contributed by atoms with Gasteiger partial charge in [0.05, 0.1) is 0 Å². The fraction of sp³-hybridized carbons (Fsp3) is 0.913. The highest BCUT2D eigenvalue weighted by Crippen LogP contribution is 2.31. The van der Waals surface area contributed by atoms with Gasteiger partial charge in [-0.15, -0.1) is 0 Å². The van der Waals surface area contributed by atoms with Crippen molar-refractivity contribution >= 4 is 11.8 Å². The second-order valence-electron chi connectivity index (χ2n) is 9.70. The van der Waals surface area contributed by atoms with Gasteiger partial charge >= 0.3 is 0 Å². The zero-order chi connectivity index (χ0) is 19.3. The highest BCUT2D eigenvalue weighted by atomic mass is 16.2. The van der Waals surface area contributed by atoms with E-state index in [0.717, 1.165) is 58.3 Å². The molecule has 2 amide bonds. The summed E-state index contributed by atoms with van der Waals surface area (Å²) in [5, 5.41) is 0. The minimum absolute atomic E-state index is 0.233. The topological polar surface area (TPSA) is 43.9 Å². The van der Waals surface area contributed by atoms with E-state index in [0.29, 0.717) is 17.7 Å². The van der Waals surface area contributed by atoms with Crippen LogP contribution >= 0.6 is 0 Å². The van der Waals surface area contributed by atoms with Crippen LogP contribution in [0.4, 0.5) is 0 Å². The lowest BCUT2D eigenvalue weighted by atomic mass is 9.83. The van der Waals surface area contributed by atoms with E-state index < -0.39 is 0 Å². The second-order valence-corrected chi connectivity index (χ2v) is 9.70. The predicted octanol–water partition coefficient (Wildman–Crippen LogP) is 3.28. The molecule has 1 unspecified atom stereocenters. The Morgan fingerprint density at radius 1 is 0.821 bits per heavy atom. The van der Waals surface area contributed by atoms with E-state index in [9.17, 15) is 9.59 Å². The van der Waals surface area contributed by atoms with Crippen LogP contribution in [0.15, 0.2) is 0 Å². The smallest absolute Gasteiger partial charge is 0.226 e. The Hall–Kier alpha value is -1.10. The van der Waals surface area contributed by atoms with Gasteiger partial charge < -0.3 is 14.7 Å². The summed E-state index contributed by atoms with van der Waals surface area (Å²) in [4.78, 5) is 32.8. The molecule has 0 N–H and O–H groups in total. The van der Waals surface area contributed by atoms with E-state index in [1.807, 2.05) is 0 Å². The summed E-state index contributed by atoms with van der Waals surface area (Å²) in [7, 11) is 0. The largest absolute Gasteiger partial charge is 0.341 e. The number of rotatable bonds is 7. The minimum Gasteiger partial charge on any atom is -0.341 e. The van der Waals surface area contributed by atoms with Gasteiger partial charge in [-0.2, -0.15) is 0 Å². The number of piperidine rings is 1. The molecule has 1 atom stereocenters. The van der Waals surface area contributed by atoms with Gasteiger partial charge in [-0.1, -0.05) is 19.3 Å². The number of carbonyl (C=O) groups is 2. The van der Waals surface area contributed by atoms with Crippen LogP contribution in [0.1, 0.15) is 77.0 Å². The fourth-order valence-corrected chi connectivity index (χ4v) is 5.64. The van der Waals surface area contributed by atoms with Gasteiger partial charge in [0.15, 0.2) is 0 Å². The molecule has 0 radical (unpaired) electrons. The molecular weight excluding hydrogens is 350 g/mol. The van der Waals surface area contributed by atoms with Crippen LogP contribution in [0.5, 0.6) is 0 Å². The molecule has 4 fully saturated rings. The van der Waals surface area contributed by atoms with E-state index >= 15 is 0 Å². The van der Waals surface area contributed by atoms with Crippen LogP contribution in [-0.2, 0) is 9.59 Å². The summed E-state index contributed by atoms with van der Waals surface area (Å²) < 4.78 is 0. The Morgan fingerprint density at radius 2 is 1.57 bits per heavy atom. The third-order valence-electron chi connectivity index (χ3n) is 7.72. The number of hydrogen-bond donors (Lipinski definition) is 0. The number of amides is 2. The molecule has 2 heterocycles. The standard InChI is InChI=1S/C23H39N3O2/c27-22(17-19-7-1-2-8-19)25-14-6-11-21(18-25)26(23(28)20-9-5-10-20)16-15-24-12-3-4-13-24/h19-21H,1-18H2. The molecule has 5 heteroatoms. The molecule has 0 aromatic rings. The molecule has 0 bridgehead atoms. The van der Waals surface area contributed by atoms with Gasteiger partial charge in [-0.25, -0.2) is 0 Å². The molecule has 0 spiro atoms. The summed E-state index contributed by atoms with van der Waals surface area (Å²) in [5.74, 6) is 1.58. The predicted molar refractivity (Wildman–Crippen MR) is 111 cm³/mol. The number of carbonyl (C=O) groups excluding carboxylic acids is 2. The Balaban J connectivity index is 1.36. The van der Waals surface area contributed by atoms with Crippen molar-refractivity contribution in [2.45, 2.75) is 83.1 Å². The Bertz CT molecular complexity index is 536. The van der Waals surface area contributed by atoms with Crippen molar-refractivity contribution in [2.24, 2.45) is 11.8 Å².